The first-order chi connectivity index (χ1) is 29.9. The van der Waals surface area contributed by atoms with E-state index in [0.717, 1.165) is 106 Å². The second kappa shape index (κ2) is 17.5. The fourth-order valence-corrected chi connectivity index (χ4v) is 9.94. The Bertz CT molecular complexity index is 2510. The number of Topliss-reactive ketones (excluding diaryl/α,β-unsaturated/α-hetero) is 1. The second-order valence-electron chi connectivity index (χ2n) is 18.7. The first-order valence-electron chi connectivity index (χ1n) is 22.7. The van der Waals surface area contributed by atoms with Crippen molar-refractivity contribution in [2.45, 2.75) is 121 Å². The first kappa shape index (κ1) is 42.1. The lowest BCUT2D eigenvalue weighted by Gasteiger charge is -2.36. The van der Waals surface area contributed by atoms with Gasteiger partial charge in [0.1, 0.15) is 17.5 Å². The van der Waals surface area contributed by atoms with Crippen LogP contribution in [0.25, 0.3) is 16.7 Å². The number of amides is 2. The van der Waals surface area contributed by atoms with E-state index < -0.39 is 17.6 Å². The number of hydrogen-bond donors (Lipinski definition) is 3. The molecule has 4 fully saturated rings. The molecule has 0 spiro atoms. The maximum Gasteiger partial charge on any atom is 0.329 e. The molecule has 4 aliphatic rings. The van der Waals surface area contributed by atoms with Gasteiger partial charge in [-0.3, -0.25) is 33.5 Å². The van der Waals surface area contributed by atoms with Gasteiger partial charge in [-0.25, -0.2) is 14.3 Å². The minimum Gasteiger partial charge on any atom is -0.384 e. The number of fused-ring (bicyclic) bond motifs is 2. The van der Waals surface area contributed by atoms with Gasteiger partial charge in [0, 0.05) is 70.6 Å². The van der Waals surface area contributed by atoms with Crippen molar-refractivity contribution in [2.75, 3.05) is 38.1 Å². The Labute approximate surface area is 361 Å². The largest absolute Gasteiger partial charge is 0.384 e. The minimum atomic E-state index is -1.20. The van der Waals surface area contributed by atoms with Crippen molar-refractivity contribution in [2.24, 2.45) is 18.9 Å². The van der Waals surface area contributed by atoms with Crippen molar-refractivity contribution in [1.29, 1.82) is 0 Å². The number of piperidine rings is 2. The highest BCUT2D eigenvalue weighted by Crippen LogP contribution is 2.35. The van der Waals surface area contributed by atoms with Crippen molar-refractivity contribution < 1.29 is 24.2 Å². The van der Waals surface area contributed by atoms with Gasteiger partial charge in [-0.1, -0.05) is 12.1 Å². The Morgan fingerprint density at radius 2 is 1.76 bits per heavy atom. The third kappa shape index (κ3) is 9.00. The number of carbonyl (C=O) groups is 3. The normalized spacial score (nSPS) is 21.8. The lowest BCUT2D eigenvalue weighted by Crippen LogP contribution is -2.44. The number of likely N-dealkylation sites (tertiary alicyclic amines) is 1. The highest BCUT2D eigenvalue weighted by Gasteiger charge is 2.33. The molecule has 16 nitrogen and oxygen atoms in total. The molecular formula is C46H60N10O6. The number of ketones is 1. The number of aryl methyl sites for hydroxylation is 2. The summed E-state index contributed by atoms with van der Waals surface area (Å²) in [6, 6.07) is 7.25. The number of nitrogens with zero attached hydrogens (tertiary/aromatic N) is 8. The predicted molar refractivity (Wildman–Crippen MR) is 233 cm³/mol. The van der Waals surface area contributed by atoms with Crippen LogP contribution in [0.2, 0.25) is 0 Å². The Morgan fingerprint density at radius 1 is 0.984 bits per heavy atom. The van der Waals surface area contributed by atoms with Gasteiger partial charge in [-0.05, 0) is 114 Å². The van der Waals surface area contributed by atoms with Crippen LogP contribution in [0.3, 0.4) is 0 Å². The molecule has 1 unspecified atom stereocenters. The molecule has 2 saturated carbocycles. The second-order valence-corrected chi connectivity index (χ2v) is 18.7. The van der Waals surface area contributed by atoms with Crippen LogP contribution in [0, 0.1) is 11.8 Å². The van der Waals surface area contributed by atoms with Crippen LogP contribution in [-0.4, -0.2) is 100 Å². The topological polar surface area (TPSA) is 183 Å². The van der Waals surface area contributed by atoms with Gasteiger partial charge in [-0.15, -0.1) is 0 Å². The van der Waals surface area contributed by atoms with Crippen molar-refractivity contribution in [3.63, 3.8) is 0 Å². The standard InChI is InChI=1S/C46H60N10O6/c1-46(2,61)42-32(24-38(57)35-26-48-54-22-19-39(49-43(35)54)47-25-29-9-10-29)28-55(51-42)33-13-11-30(12-14-33)27-53-20-17-34(18-21-53)62-23-5-7-31-6-4-8-36-41(31)52(3)45(60)56(36)37-15-16-40(58)50-44(37)59/h4,6,8,19,22,26,28-30,33-34,37,61H,5,7,9-18,20-21,23-25,27H2,1-3H3,(H,47,49)(H,50,58,59). The molecule has 1 atom stereocenters. The SMILES string of the molecule is Cn1c(=O)n(C2CCC(=O)NC2=O)c2cccc(CCCOC3CCN(CC4CCC(n5cc(CC(=O)c6cnn7ccc(NCC8CC8)nc67)c(C(C)(C)O)n5)CC4)CC3)c21. The fourth-order valence-electron chi connectivity index (χ4n) is 9.94. The number of benzene rings is 1. The number of aromatic nitrogens is 7. The molecule has 2 aliphatic carbocycles. The number of hydrogen-bond acceptors (Lipinski definition) is 11. The molecule has 16 heteroatoms. The zero-order valence-electron chi connectivity index (χ0n) is 36.2. The van der Waals surface area contributed by atoms with Gasteiger partial charge in [0.25, 0.3) is 0 Å². The Hall–Kier alpha value is -5.19. The number of carbonyl (C=O) groups excluding carboxylic acids is 3. The third-order valence-electron chi connectivity index (χ3n) is 13.6. The highest BCUT2D eigenvalue weighted by atomic mass is 16.5. The van der Waals surface area contributed by atoms with Crippen molar-refractivity contribution in [3.05, 3.63) is 75.7 Å². The van der Waals surface area contributed by atoms with Crippen molar-refractivity contribution in [3.8, 4) is 0 Å². The Morgan fingerprint density at radius 3 is 2.50 bits per heavy atom. The van der Waals surface area contributed by atoms with E-state index in [2.05, 4.69) is 20.6 Å². The monoisotopic (exact) mass is 848 g/mol. The predicted octanol–water partition coefficient (Wildman–Crippen LogP) is 4.88. The van der Waals surface area contributed by atoms with Gasteiger partial charge in [0.15, 0.2) is 11.4 Å². The molecule has 2 aliphatic heterocycles. The summed E-state index contributed by atoms with van der Waals surface area (Å²) in [4.78, 5) is 58.7. The number of para-hydroxylation sites is 1. The maximum atomic E-state index is 13.8. The van der Waals surface area contributed by atoms with Crippen LogP contribution in [0.1, 0.15) is 124 Å². The summed E-state index contributed by atoms with van der Waals surface area (Å²) in [6.45, 7) is 8.11. The van der Waals surface area contributed by atoms with E-state index in [1.807, 2.05) is 41.3 Å². The molecule has 0 bridgehead atoms. The summed E-state index contributed by atoms with van der Waals surface area (Å²) in [5.74, 6) is 1.24. The summed E-state index contributed by atoms with van der Waals surface area (Å²) < 4.78 is 13.2. The van der Waals surface area contributed by atoms with E-state index in [4.69, 9.17) is 14.8 Å². The van der Waals surface area contributed by atoms with Crippen molar-refractivity contribution in [1.82, 2.24) is 43.7 Å². The number of rotatable bonds is 16. The van der Waals surface area contributed by atoms with Gasteiger partial charge in [0.05, 0.1) is 40.6 Å². The summed E-state index contributed by atoms with van der Waals surface area (Å²) in [5, 5.41) is 26.2. The van der Waals surface area contributed by atoms with E-state index in [1.165, 1.54) is 17.4 Å². The molecule has 330 valence electrons. The van der Waals surface area contributed by atoms with Crippen LogP contribution in [0.15, 0.2) is 47.7 Å². The van der Waals surface area contributed by atoms with Crippen LogP contribution < -0.4 is 16.3 Å². The van der Waals surface area contributed by atoms with Crippen LogP contribution in [0.5, 0.6) is 0 Å². The summed E-state index contributed by atoms with van der Waals surface area (Å²) >= 11 is 0. The summed E-state index contributed by atoms with van der Waals surface area (Å²) in [5.41, 5.74) is 3.42. The van der Waals surface area contributed by atoms with Gasteiger partial charge < -0.3 is 20.1 Å². The van der Waals surface area contributed by atoms with Crippen LogP contribution in [-0.2, 0) is 39.8 Å². The number of aliphatic hydroxyl groups is 1. The Balaban J connectivity index is 0.733. The zero-order chi connectivity index (χ0) is 43.1. The van der Waals surface area contributed by atoms with Gasteiger partial charge in [-0.2, -0.15) is 10.2 Å². The molecule has 2 amide bonds. The van der Waals surface area contributed by atoms with Crippen LogP contribution in [0.4, 0.5) is 5.82 Å². The van der Waals surface area contributed by atoms with Gasteiger partial charge >= 0.3 is 5.69 Å². The third-order valence-corrected chi connectivity index (χ3v) is 13.6. The number of imide groups is 1. The average Bonchev–Trinajstić information content (AvgIpc) is 3.73. The molecule has 9 rings (SSSR count). The molecule has 1 aromatic carbocycles. The Kier molecular flexibility index (Phi) is 11.9. The molecule has 5 aromatic rings. The highest BCUT2D eigenvalue weighted by molar-refractivity contribution is 6.02. The van der Waals surface area contributed by atoms with E-state index in [0.29, 0.717) is 41.8 Å². The number of imidazole rings is 1. The molecule has 4 aromatic heterocycles. The fraction of sp³-hybridized carbons (Fsp3) is 0.587. The lowest BCUT2D eigenvalue weighted by atomic mass is 9.85. The summed E-state index contributed by atoms with van der Waals surface area (Å²) in [7, 11) is 1.74. The number of ether oxygens (including phenoxy) is 1. The molecule has 2 saturated heterocycles. The molecule has 6 heterocycles. The molecule has 3 N–H and O–H groups in total. The van der Waals surface area contributed by atoms with E-state index >= 15 is 0 Å². The van der Waals surface area contributed by atoms with Crippen LogP contribution >= 0.6 is 0 Å². The maximum absolute atomic E-state index is 13.8. The quantitative estimate of drug-likeness (QED) is 0.0700. The lowest BCUT2D eigenvalue weighted by molar-refractivity contribution is -0.135. The summed E-state index contributed by atoms with van der Waals surface area (Å²) in [6.07, 6.45) is 16.6. The molecule has 0 radical (unpaired) electrons. The smallest absolute Gasteiger partial charge is 0.329 e. The zero-order valence-corrected chi connectivity index (χ0v) is 36.2. The minimum absolute atomic E-state index is 0.0989. The molecule has 62 heavy (non-hydrogen) atoms. The average molecular weight is 849 g/mol. The van der Waals surface area contributed by atoms with E-state index in [9.17, 15) is 24.3 Å². The number of nitrogens with one attached hydrogen (secondary N) is 2. The van der Waals surface area contributed by atoms with Crippen molar-refractivity contribution >= 4 is 40.1 Å². The number of anilines is 1. The van der Waals surface area contributed by atoms with E-state index in [1.54, 1.807) is 36.2 Å². The van der Waals surface area contributed by atoms with Gasteiger partial charge in [0.2, 0.25) is 11.8 Å². The first-order valence-corrected chi connectivity index (χ1v) is 22.7. The van der Waals surface area contributed by atoms with E-state index in [-0.39, 0.29) is 42.4 Å². The molecular weight excluding hydrogens is 789 g/mol.